The number of carbonyl (C=O) groups is 4. The van der Waals surface area contributed by atoms with Crippen molar-refractivity contribution in [3.05, 3.63) is 102 Å². The molecule has 0 aliphatic heterocycles. The van der Waals surface area contributed by atoms with Crippen molar-refractivity contribution in [2.75, 3.05) is 19.8 Å². The Morgan fingerprint density at radius 3 is 1.52 bits per heavy atom. The third-order valence-electron chi connectivity index (χ3n) is 7.30. The van der Waals surface area contributed by atoms with Crippen LogP contribution in [0.3, 0.4) is 0 Å². The van der Waals surface area contributed by atoms with E-state index in [0.717, 1.165) is 63.4 Å². The van der Waals surface area contributed by atoms with Crippen LogP contribution in [0.1, 0.15) is 97.4 Å². The molecule has 0 aliphatic rings. The van der Waals surface area contributed by atoms with Crippen molar-refractivity contribution in [1.29, 1.82) is 0 Å². The van der Waals surface area contributed by atoms with Gasteiger partial charge in [0.25, 0.3) is 0 Å². The highest BCUT2D eigenvalue weighted by atomic mass is 16.5. The summed E-state index contributed by atoms with van der Waals surface area (Å²) >= 11 is 0. The highest BCUT2D eigenvalue weighted by Gasteiger charge is 2.12. The first-order valence-electron chi connectivity index (χ1n) is 16.5. The molecule has 0 fully saturated rings. The second-order valence-electron chi connectivity index (χ2n) is 11.6. The molecule has 0 amide bonds. The molecule has 3 rings (SSSR count). The van der Waals surface area contributed by atoms with Crippen molar-refractivity contribution >= 4 is 23.9 Å². The van der Waals surface area contributed by atoms with E-state index in [0.29, 0.717) is 60.2 Å². The van der Waals surface area contributed by atoms with Crippen molar-refractivity contribution in [2.45, 2.75) is 78.1 Å². The Balaban J connectivity index is 1.19. The van der Waals surface area contributed by atoms with Gasteiger partial charge in [-0.3, -0.25) is 4.79 Å². The van der Waals surface area contributed by atoms with Crippen LogP contribution in [0.4, 0.5) is 0 Å². The Labute approximate surface area is 283 Å². The molecule has 0 bridgehead atoms. The summed E-state index contributed by atoms with van der Waals surface area (Å²) in [6.07, 6.45) is 8.58. The number of esters is 4. The maximum absolute atomic E-state index is 12.6. The van der Waals surface area contributed by atoms with Crippen LogP contribution < -0.4 is 14.2 Å². The summed E-state index contributed by atoms with van der Waals surface area (Å²) in [5.74, 6) is -0.161. The van der Waals surface area contributed by atoms with E-state index >= 15 is 0 Å². The fourth-order valence-electron chi connectivity index (χ4n) is 4.48. The summed E-state index contributed by atoms with van der Waals surface area (Å²) < 4.78 is 27.0. The predicted molar refractivity (Wildman–Crippen MR) is 182 cm³/mol. The monoisotopic (exact) mass is 658 g/mol. The van der Waals surface area contributed by atoms with E-state index < -0.39 is 11.9 Å². The fraction of sp³-hybridized carbons (Fsp3) is 0.385. The number of aryl methyl sites for hydroxylation is 1. The van der Waals surface area contributed by atoms with Gasteiger partial charge in [-0.1, -0.05) is 50.0 Å². The molecule has 0 spiro atoms. The Bertz CT molecular complexity index is 1460. The molecule has 0 saturated carbocycles. The molecule has 9 nitrogen and oxygen atoms in total. The van der Waals surface area contributed by atoms with Crippen LogP contribution in [0.5, 0.6) is 17.2 Å². The van der Waals surface area contributed by atoms with Crippen LogP contribution in [0.15, 0.2) is 84.9 Å². The molecule has 0 atom stereocenters. The van der Waals surface area contributed by atoms with Crippen molar-refractivity contribution in [1.82, 2.24) is 0 Å². The predicted octanol–water partition coefficient (Wildman–Crippen LogP) is 8.38. The third kappa shape index (κ3) is 14.7. The average Bonchev–Trinajstić information content (AvgIpc) is 3.08. The largest absolute Gasteiger partial charge is 0.494 e. The van der Waals surface area contributed by atoms with Gasteiger partial charge in [-0.05, 0) is 107 Å². The number of carbonyl (C=O) groups excluding carboxylic acids is 4. The molecular weight excluding hydrogens is 612 g/mol. The first-order chi connectivity index (χ1) is 23.2. The molecule has 0 aliphatic carbocycles. The highest BCUT2D eigenvalue weighted by Crippen LogP contribution is 2.21. The quantitative estimate of drug-likeness (QED) is 0.0482. The summed E-state index contributed by atoms with van der Waals surface area (Å²) in [6, 6.07) is 20.2. The Morgan fingerprint density at radius 2 is 0.979 bits per heavy atom. The summed E-state index contributed by atoms with van der Waals surface area (Å²) in [5, 5.41) is 0. The maximum atomic E-state index is 12.6. The van der Waals surface area contributed by atoms with E-state index in [1.54, 1.807) is 67.6 Å². The lowest BCUT2D eigenvalue weighted by Gasteiger charge is -2.09. The standard InChI is InChI=1S/C39H46O9/c1-29(2)37(41)46-28-12-8-9-13-36(40)45-27-11-7-5-4-6-10-26-44-33-20-18-32(19-21-33)39(43)48-35-24-22-34(23-25-35)47-38(42)31-16-14-30(3)15-17-31/h14-25H,1,4-13,26-28H2,2-3H3. The first-order valence-corrected chi connectivity index (χ1v) is 16.5. The number of ether oxygens (including phenoxy) is 5. The van der Waals surface area contributed by atoms with Crippen molar-refractivity contribution in [3.63, 3.8) is 0 Å². The van der Waals surface area contributed by atoms with E-state index in [2.05, 4.69) is 6.58 Å². The number of benzene rings is 3. The lowest BCUT2D eigenvalue weighted by atomic mass is 10.1. The van der Waals surface area contributed by atoms with Gasteiger partial charge < -0.3 is 23.7 Å². The normalized spacial score (nSPS) is 10.5. The zero-order chi connectivity index (χ0) is 34.6. The van der Waals surface area contributed by atoms with E-state index in [-0.39, 0.29) is 11.9 Å². The van der Waals surface area contributed by atoms with E-state index in [1.165, 1.54) is 0 Å². The Kier molecular flexibility index (Phi) is 16.5. The van der Waals surface area contributed by atoms with Crippen LogP contribution in [0, 0.1) is 6.92 Å². The molecule has 0 saturated heterocycles. The van der Waals surface area contributed by atoms with Gasteiger partial charge in [0.05, 0.1) is 30.9 Å². The maximum Gasteiger partial charge on any atom is 0.343 e. The molecular formula is C39H46O9. The van der Waals surface area contributed by atoms with E-state index in [4.69, 9.17) is 23.7 Å². The van der Waals surface area contributed by atoms with Crippen molar-refractivity contribution in [2.24, 2.45) is 0 Å². The van der Waals surface area contributed by atoms with Gasteiger partial charge in [-0.15, -0.1) is 0 Å². The lowest BCUT2D eigenvalue weighted by molar-refractivity contribution is -0.144. The summed E-state index contributed by atoms with van der Waals surface area (Å²) in [5.41, 5.74) is 2.28. The van der Waals surface area contributed by atoms with E-state index in [9.17, 15) is 19.2 Å². The minimum atomic E-state index is -0.503. The smallest absolute Gasteiger partial charge is 0.343 e. The SMILES string of the molecule is C=C(C)C(=O)OCCCCCC(=O)OCCCCCCCCOc1ccc(C(=O)Oc2ccc(OC(=O)c3ccc(C)cc3)cc2)cc1. The van der Waals surface area contributed by atoms with Crippen LogP contribution in [-0.4, -0.2) is 43.7 Å². The highest BCUT2D eigenvalue weighted by molar-refractivity contribution is 5.92. The van der Waals surface area contributed by atoms with Crippen LogP contribution in [0.25, 0.3) is 0 Å². The number of hydrogen-bond acceptors (Lipinski definition) is 9. The second kappa shape index (κ2) is 21.1. The molecule has 256 valence electrons. The number of unbranched alkanes of at least 4 members (excludes halogenated alkanes) is 7. The molecule has 0 aromatic heterocycles. The molecule has 9 heteroatoms. The first kappa shape index (κ1) is 37.5. The van der Waals surface area contributed by atoms with Gasteiger partial charge in [0.15, 0.2) is 0 Å². The third-order valence-corrected chi connectivity index (χ3v) is 7.30. The van der Waals surface area contributed by atoms with Crippen LogP contribution >= 0.6 is 0 Å². The van der Waals surface area contributed by atoms with Gasteiger partial charge in [0.1, 0.15) is 17.2 Å². The van der Waals surface area contributed by atoms with Crippen LogP contribution in [0.2, 0.25) is 0 Å². The molecule has 48 heavy (non-hydrogen) atoms. The second-order valence-corrected chi connectivity index (χ2v) is 11.6. The lowest BCUT2D eigenvalue weighted by Crippen LogP contribution is -2.09. The number of hydrogen-bond donors (Lipinski definition) is 0. The zero-order valence-corrected chi connectivity index (χ0v) is 28.0. The minimum Gasteiger partial charge on any atom is -0.494 e. The average molecular weight is 659 g/mol. The van der Waals surface area contributed by atoms with Crippen molar-refractivity contribution in [3.8, 4) is 17.2 Å². The molecule has 3 aromatic carbocycles. The number of rotatable bonds is 21. The Hall–Kier alpha value is -4.92. The molecule has 0 radical (unpaired) electrons. The molecule has 0 unspecified atom stereocenters. The summed E-state index contributed by atoms with van der Waals surface area (Å²) in [6.45, 7) is 8.46. The fourth-order valence-corrected chi connectivity index (χ4v) is 4.48. The molecule has 0 N–H and O–H groups in total. The van der Waals surface area contributed by atoms with Crippen molar-refractivity contribution < 1.29 is 42.9 Å². The zero-order valence-electron chi connectivity index (χ0n) is 28.0. The molecule has 0 heterocycles. The van der Waals surface area contributed by atoms with Crippen LogP contribution in [-0.2, 0) is 19.1 Å². The molecule has 3 aromatic rings. The summed E-state index contributed by atoms with van der Waals surface area (Å²) in [7, 11) is 0. The van der Waals surface area contributed by atoms with Gasteiger partial charge >= 0.3 is 23.9 Å². The van der Waals surface area contributed by atoms with Gasteiger partial charge in [0.2, 0.25) is 0 Å². The summed E-state index contributed by atoms with van der Waals surface area (Å²) in [4.78, 5) is 48.0. The van der Waals surface area contributed by atoms with E-state index in [1.807, 2.05) is 19.1 Å². The van der Waals surface area contributed by atoms with Gasteiger partial charge in [-0.25, -0.2) is 14.4 Å². The van der Waals surface area contributed by atoms with Gasteiger partial charge in [-0.2, -0.15) is 0 Å². The Morgan fingerprint density at radius 1 is 0.542 bits per heavy atom. The minimum absolute atomic E-state index is 0.179. The van der Waals surface area contributed by atoms with Gasteiger partial charge in [0, 0.05) is 12.0 Å². The topological polar surface area (TPSA) is 114 Å².